The van der Waals surface area contributed by atoms with E-state index in [-0.39, 0.29) is 12.2 Å². The summed E-state index contributed by atoms with van der Waals surface area (Å²) in [4.78, 5) is 2.38. The average molecular weight is 319 g/mol. The smallest absolute Gasteiger partial charge is 0.0726 e. The minimum Gasteiger partial charge on any atom is -0.372 e. The molecule has 0 aromatic heterocycles. The maximum absolute atomic E-state index is 6.03. The predicted octanol–water partition coefficient (Wildman–Crippen LogP) is 3.85. The highest BCUT2D eigenvalue weighted by Crippen LogP contribution is 2.28. The molecule has 0 aliphatic carbocycles. The number of hydrogen-bond donors (Lipinski definition) is 0. The number of rotatable bonds is 2. The molecule has 1 aromatic carbocycles. The molecule has 1 aromatic rings. The third kappa shape index (κ3) is 3.15. The third-order valence-corrected chi connectivity index (χ3v) is 3.79. The number of morpholine rings is 1. The largest absolute Gasteiger partial charge is 0.372 e. The lowest BCUT2D eigenvalue weighted by Crippen LogP contribution is -2.45. The molecular weight excluding hydrogens is 302 g/mol. The van der Waals surface area contributed by atoms with Gasteiger partial charge in [-0.25, -0.2) is 0 Å². The quantitative estimate of drug-likeness (QED) is 0.768. The van der Waals surface area contributed by atoms with Gasteiger partial charge in [0, 0.05) is 29.1 Å². The average Bonchev–Trinajstić information content (AvgIpc) is 2.27. The zero-order valence-electron chi connectivity index (χ0n) is 10.1. The van der Waals surface area contributed by atoms with Crippen molar-refractivity contribution in [1.29, 1.82) is 0 Å². The zero-order valence-corrected chi connectivity index (χ0v) is 12.5. The number of anilines is 1. The van der Waals surface area contributed by atoms with Crippen molar-refractivity contribution in [2.45, 2.75) is 31.4 Å². The molecule has 0 amide bonds. The molecule has 2 rings (SSSR count). The van der Waals surface area contributed by atoms with Crippen LogP contribution in [0.25, 0.3) is 0 Å². The molecule has 1 saturated heterocycles. The number of hydrogen-bond acceptors (Lipinski definition) is 2. The second-order valence-electron chi connectivity index (χ2n) is 4.57. The van der Waals surface area contributed by atoms with Crippen LogP contribution in [0.1, 0.15) is 19.4 Å². The van der Waals surface area contributed by atoms with Crippen LogP contribution in [-0.4, -0.2) is 25.3 Å². The first kappa shape index (κ1) is 13.2. The van der Waals surface area contributed by atoms with Gasteiger partial charge in [0.25, 0.3) is 0 Å². The second kappa shape index (κ2) is 5.59. The van der Waals surface area contributed by atoms with Gasteiger partial charge < -0.3 is 9.64 Å². The number of nitrogens with zero attached hydrogens (tertiary/aromatic N) is 1. The van der Waals surface area contributed by atoms with Crippen molar-refractivity contribution in [3.05, 3.63) is 28.8 Å². The van der Waals surface area contributed by atoms with Crippen LogP contribution in [0.4, 0.5) is 5.69 Å². The van der Waals surface area contributed by atoms with Gasteiger partial charge in [-0.15, -0.1) is 0 Å². The van der Waals surface area contributed by atoms with Gasteiger partial charge in [-0.1, -0.05) is 27.5 Å². The number of ether oxygens (including phenoxy) is 1. The molecule has 2 atom stereocenters. The molecule has 4 heteroatoms. The summed E-state index contributed by atoms with van der Waals surface area (Å²) in [5.74, 6) is 0. The maximum Gasteiger partial charge on any atom is 0.0726 e. The van der Waals surface area contributed by atoms with E-state index in [1.807, 2.05) is 12.1 Å². The van der Waals surface area contributed by atoms with E-state index in [9.17, 15) is 0 Å². The fourth-order valence-electron chi connectivity index (χ4n) is 2.34. The molecule has 0 N–H and O–H groups in total. The van der Waals surface area contributed by atoms with Crippen molar-refractivity contribution in [3.63, 3.8) is 0 Å². The van der Waals surface area contributed by atoms with E-state index in [0.29, 0.717) is 0 Å². The van der Waals surface area contributed by atoms with Crippen molar-refractivity contribution in [3.8, 4) is 0 Å². The fraction of sp³-hybridized carbons (Fsp3) is 0.538. The van der Waals surface area contributed by atoms with Gasteiger partial charge in [-0.3, -0.25) is 0 Å². The Morgan fingerprint density at radius 2 is 2.00 bits per heavy atom. The van der Waals surface area contributed by atoms with E-state index in [1.54, 1.807) is 0 Å². The lowest BCUT2D eigenvalue weighted by atomic mass is 10.1. The van der Waals surface area contributed by atoms with Crippen LogP contribution in [-0.2, 0) is 10.1 Å². The van der Waals surface area contributed by atoms with E-state index in [0.717, 1.165) is 23.4 Å². The molecule has 0 saturated carbocycles. The van der Waals surface area contributed by atoms with Gasteiger partial charge in [0.05, 0.1) is 12.2 Å². The molecule has 1 aliphatic rings. The molecule has 1 heterocycles. The van der Waals surface area contributed by atoms with Crippen LogP contribution in [0, 0.1) is 0 Å². The summed E-state index contributed by atoms with van der Waals surface area (Å²) >= 11 is 9.55. The van der Waals surface area contributed by atoms with Crippen LogP contribution < -0.4 is 4.90 Å². The van der Waals surface area contributed by atoms with Crippen molar-refractivity contribution >= 4 is 33.2 Å². The van der Waals surface area contributed by atoms with Gasteiger partial charge in [-0.2, -0.15) is 0 Å². The predicted molar refractivity (Wildman–Crippen MR) is 76.3 cm³/mol. The molecule has 17 heavy (non-hydrogen) atoms. The minimum absolute atomic E-state index is 0.276. The summed E-state index contributed by atoms with van der Waals surface area (Å²) < 4.78 is 5.76. The van der Waals surface area contributed by atoms with Crippen LogP contribution in [0.3, 0.4) is 0 Å². The van der Waals surface area contributed by atoms with Crippen LogP contribution in [0.2, 0.25) is 5.02 Å². The Labute approximate surface area is 116 Å². The molecule has 0 radical (unpaired) electrons. The van der Waals surface area contributed by atoms with Crippen molar-refractivity contribution in [1.82, 2.24) is 0 Å². The second-order valence-corrected chi connectivity index (χ2v) is 5.57. The number of alkyl halides is 1. The standard InChI is InChI=1S/C13H17BrClNO/c1-9-7-16(8-10(2)17-9)13-4-3-12(15)5-11(13)6-14/h3-5,9-10H,6-8H2,1-2H3. The Balaban J connectivity index is 2.26. The highest BCUT2D eigenvalue weighted by atomic mass is 79.9. The van der Waals surface area contributed by atoms with E-state index in [1.165, 1.54) is 11.3 Å². The summed E-state index contributed by atoms with van der Waals surface area (Å²) in [6.45, 7) is 6.11. The van der Waals surface area contributed by atoms with Crippen LogP contribution in [0.15, 0.2) is 18.2 Å². The van der Waals surface area contributed by atoms with Gasteiger partial charge in [0.2, 0.25) is 0 Å². The maximum atomic E-state index is 6.03. The summed E-state index contributed by atoms with van der Waals surface area (Å²) in [7, 11) is 0. The fourth-order valence-corrected chi connectivity index (χ4v) is 2.99. The first-order valence-electron chi connectivity index (χ1n) is 5.85. The monoisotopic (exact) mass is 317 g/mol. The van der Waals surface area contributed by atoms with Crippen LogP contribution in [0.5, 0.6) is 0 Å². The Morgan fingerprint density at radius 3 is 2.59 bits per heavy atom. The Hall–Kier alpha value is -0.250. The first-order valence-corrected chi connectivity index (χ1v) is 7.35. The van der Waals surface area contributed by atoms with Gasteiger partial charge in [-0.05, 0) is 37.6 Å². The summed E-state index contributed by atoms with van der Waals surface area (Å²) in [5, 5.41) is 1.61. The third-order valence-electron chi connectivity index (χ3n) is 2.95. The molecule has 2 nitrogen and oxygen atoms in total. The molecule has 2 unspecified atom stereocenters. The lowest BCUT2D eigenvalue weighted by molar-refractivity contribution is -0.00524. The van der Waals surface area contributed by atoms with Gasteiger partial charge in [0.15, 0.2) is 0 Å². The summed E-state index contributed by atoms with van der Waals surface area (Å²) in [6.07, 6.45) is 0.551. The molecule has 0 spiro atoms. The molecule has 1 aliphatic heterocycles. The molecule has 94 valence electrons. The lowest BCUT2D eigenvalue weighted by Gasteiger charge is -2.37. The topological polar surface area (TPSA) is 12.5 Å². The zero-order chi connectivity index (χ0) is 12.4. The van der Waals surface area contributed by atoms with Crippen molar-refractivity contribution in [2.75, 3.05) is 18.0 Å². The first-order chi connectivity index (χ1) is 8.10. The normalized spacial score (nSPS) is 25.1. The summed E-state index contributed by atoms with van der Waals surface area (Å²) in [6, 6.07) is 6.08. The number of halogens is 2. The van der Waals surface area contributed by atoms with Crippen molar-refractivity contribution < 1.29 is 4.74 Å². The van der Waals surface area contributed by atoms with E-state index in [2.05, 4.69) is 40.7 Å². The molecule has 0 bridgehead atoms. The minimum atomic E-state index is 0.276. The molecular formula is C13H17BrClNO. The Bertz CT molecular complexity index is 389. The Kier molecular flexibility index (Phi) is 4.34. The van der Waals surface area contributed by atoms with E-state index >= 15 is 0 Å². The van der Waals surface area contributed by atoms with Crippen molar-refractivity contribution in [2.24, 2.45) is 0 Å². The Morgan fingerprint density at radius 1 is 1.35 bits per heavy atom. The van der Waals surface area contributed by atoms with E-state index in [4.69, 9.17) is 16.3 Å². The van der Waals surface area contributed by atoms with Gasteiger partial charge >= 0.3 is 0 Å². The van der Waals surface area contributed by atoms with E-state index < -0.39 is 0 Å². The van der Waals surface area contributed by atoms with Gasteiger partial charge in [0.1, 0.15) is 0 Å². The summed E-state index contributed by atoms with van der Waals surface area (Å²) in [5.41, 5.74) is 2.49. The highest BCUT2D eigenvalue weighted by molar-refractivity contribution is 9.08. The SMILES string of the molecule is CC1CN(c2ccc(Cl)cc2CBr)CC(C)O1. The van der Waals surface area contributed by atoms with Crippen LogP contribution >= 0.6 is 27.5 Å². The molecule has 1 fully saturated rings. The highest BCUT2D eigenvalue weighted by Gasteiger charge is 2.23. The number of benzene rings is 1.